The van der Waals surface area contributed by atoms with Gasteiger partial charge in [-0.1, -0.05) is 30.3 Å². The zero-order valence-electron chi connectivity index (χ0n) is 15.2. The molecule has 3 rings (SSSR count). The van der Waals surface area contributed by atoms with Gasteiger partial charge in [0, 0.05) is 11.3 Å². The number of nitrogens with one attached hydrogen (secondary N) is 2. The fourth-order valence-corrected chi connectivity index (χ4v) is 3.29. The molecule has 2 aromatic carbocycles. The molecule has 8 heteroatoms. The van der Waals surface area contributed by atoms with Crippen LogP contribution >= 0.6 is 11.3 Å². The molecule has 0 aliphatic heterocycles. The van der Waals surface area contributed by atoms with Crippen LogP contribution in [0.25, 0.3) is 11.1 Å². The first-order valence-electron chi connectivity index (χ1n) is 8.65. The first-order valence-corrected chi connectivity index (χ1v) is 9.53. The molecule has 1 heterocycles. The van der Waals surface area contributed by atoms with Crippen molar-refractivity contribution in [2.24, 2.45) is 0 Å². The first-order chi connectivity index (χ1) is 14.0. The van der Waals surface area contributed by atoms with Gasteiger partial charge >= 0.3 is 5.97 Å². The van der Waals surface area contributed by atoms with E-state index in [9.17, 15) is 18.8 Å². The van der Waals surface area contributed by atoms with E-state index in [-0.39, 0.29) is 6.54 Å². The maximum atomic E-state index is 12.8. The molecule has 0 aliphatic carbocycles. The molecular weight excluding hydrogens is 395 g/mol. The number of halogens is 1. The van der Waals surface area contributed by atoms with E-state index in [1.165, 1.54) is 35.6 Å². The molecule has 2 amide bonds. The smallest absolute Gasteiger partial charge is 0.349 e. The van der Waals surface area contributed by atoms with E-state index in [1.807, 2.05) is 36.4 Å². The molecule has 0 saturated carbocycles. The van der Waals surface area contributed by atoms with E-state index in [1.54, 1.807) is 5.38 Å². The molecule has 0 unspecified atom stereocenters. The number of hydrogen-bond acceptors (Lipinski definition) is 5. The molecule has 0 aliphatic rings. The molecule has 3 aromatic rings. The van der Waals surface area contributed by atoms with Gasteiger partial charge in [0.25, 0.3) is 5.91 Å². The number of benzene rings is 2. The lowest BCUT2D eigenvalue weighted by Gasteiger charge is -2.08. The van der Waals surface area contributed by atoms with E-state index in [0.717, 1.165) is 11.1 Å². The highest BCUT2D eigenvalue weighted by molar-refractivity contribution is 7.12. The summed E-state index contributed by atoms with van der Waals surface area (Å²) >= 11 is 1.23. The minimum Gasteiger partial charge on any atom is -0.451 e. The normalized spacial score (nSPS) is 10.2. The Morgan fingerprint density at radius 1 is 0.931 bits per heavy atom. The zero-order chi connectivity index (χ0) is 20.6. The molecule has 0 saturated heterocycles. The summed E-state index contributed by atoms with van der Waals surface area (Å²) in [6.45, 7) is -0.809. The molecule has 0 fully saturated rings. The van der Waals surface area contributed by atoms with Gasteiger partial charge in [-0.05, 0) is 41.3 Å². The molecule has 0 spiro atoms. The van der Waals surface area contributed by atoms with Crippen LogP contribution in [0, 0.1) is 5.82 Å². The van der Waals surface area contributed by atoms with Crippen LogP contribution in [0.2, 0.25) is 0 Å². The molecule has 1 aromatic heterocycles. The van der Waals surface area contributed by atoms with Crippen LogP contribution in [0.4, 0.5) is 10.1 Å². The van der Waals surface area contributed by atoms with Gasteiger partial charge in [-0.3, -0.25) is 9.59 Å². The predicted molar refractivity (Wildman–Crippen MR) is 108 cm³/mol. The predicted octanol–water partition coefficient (Wildman–Crippen LogP) is 3.47. The summed E-state index contributed by atoms with van der Waals surface area (Å²) in [7, 11) is 0. The third-order valence-electron chi connectivity index (χ3n) is 3.84. The van der Waals surface area contributed by atoms with Gasteiger partial charge in [-0.2, -0.15) is 0 Å². The maximum Gasteiger partial charge on any atom is 0.349 e. The average molecular weight is 412 g/mol. The van der Waals surface area contributed by atoms with Crippen molar-refractivity contribution >= 4 is 34.8 Å². The summed E-state index contributed by atoms with van der Waals surface area (Å²) in [5.74, 6) is -2.12. The van der Waals surface area contributed by atoms with Crippen molar-refractivity contribution in [3.8, 4) is 11.1 Å². The standard InChI is InChI=1S/C21H17FN2O4S/c22-15-6-8-16(9-7-15)24-18(25)12-23-19(26)13-28-21(27)20-17(10-11-29-20)14-4-2-1-3-5-14/h1-11H,12-13H2,(H,23,26)(H,24,25). The summed E-state index contributed by atoms with van der Waals surface area (Å²) in [6, 6.07) is 16.4. The highest BCUT2D eigenvalue weighted by Crippen LogP contribution is 2.28. The van der Waals surface area contributed by atoms with E-state index < -0.39 is 30.2 Å². The number of carbonyl (C=O) groups excluding carboxylic acids is 3. The fourth-order valence-electron chi connectivity index (χ4n) is 2.48. The lowest BCUT2D eigenvalue weighted by atomic mass is 10.1. The van der Waals surface area contributed by atoms with Crippen molar-refractivity contribution in [3.05, 3.63) is 76.7 Å². The Bertz CT molecular complexity index is 1000. The summed E-state index contributed by atoms with van der Waals surface area (Å²) in [6.07, 6.45) is 0. The number of thiophene rings is 1. The highest BCUT2D eigenvalue weighted by atomic mass is 32.1. The Kier molecular flexibility index (Phi) is 6.70. The number of carbonyl (C=O) groups is 3. The summed E-state index contributed by atoms with van der Waals surface area (Å²) in [5, 5.41) is 6.65. The Morgan fingerprint density at radius 3 is 2.38 bits per heavy atom. The van der Waals surface area contributed by atoms with Gasteiger partial charge < -0.3 is 15.4 Å². The van der Waals surface area contributed by atoms with Crippen molar-refractivity contribution in [1.82, 2.24) is 5.32 Å². The lowest BCUT2D eigenvalue weighted by molar-refractivity contribution is -0.126. The molecule has 29 heavy (non-hydrogen) atoms. The van der Waals surface area contributed by atoms with Crippen molar-refractivity contribution in [2.45, 2.75) is 0 Å². The summed E-state index contributed by atoms with van der Waals surface area (Å²) < 4.78 is 17.9. The number of hydrogen-bond donors (Lipinski definition) is 2. The second-order valence-corrected chi connectivity index (χ2v) is 6.85. The van der Waals surface area contributed by atoms with E-state index in [2.05, 4.69) is 10.6 Å². The number of amides is 2. The third kappa shape index (κ3) is 5.73. The van der Waals surface area contributed by atoms with Crippen molar-refractivity contribution in [2.75, 3.05) is 18.5 Å². The topological polar surface area (TPSA) is 84.5 Å². The van der Waals surface area contributed by atoms with Gasteiger partial charge in [0.1, 0.15) is 10.7 Å². The quantitative estimate of drug-likeness (QED) is 0.582. The van der Waals surface area contributed by atoms with Gasteiger partial charge in [0.05, 0.1) is 6.54 Å². The van der Waals surface area contributed by atoms with Crippen LogP contribution in [-0.4, -0.2) is 30.9 Å². The molecule has 0 radical (unpaired) electrons. The van der Waals surface area contributed by atoms with Crippen LogP contribution in [0.15, 0.2) is 66.0 Å². The molecule has 6 nitrogen and oxygen atoms in total. The summed E-state index contributed by atoms with van der Waals surface area (Å²) in [4.78, 5) is 36.4. The van der Waals surface area contributed by atoms with Gasteiger partial charge in [0.15, 0.2) is 6.61 Å². The van der Waals surface area contributed by atoms with Crippen LogP contribution < -0.4 is 10.6 Å². The second kappa shape index (κ2) is 9.61. The Hall–Kier alpha value is -3.52. The van der Waals surface area contributed by atoms with Crippen LogP contribution in [0.3, 0.4) is 0 Å². The van der Waals surface area contributed by atoms with Crippen molar-refractivity contribution in [1.29, 1.82) is 0 Å². The number of ether oxygens (including phenoxy) is 1. The monoisotopic (exact) mass is 412 g/mol. The SMILES string of the molecule is O=C(COC(=O)c1sccc1-c1ccccc1)NCC(=O)Nc1ccc(F)cc1. The number of rotatable bonds is 7. The first kappa shape index (κ1) is 20.2. The van der Waals surface area contributed by atoms with Gasteiger partial charge in [-0.25, -0.2) is 9.18 Å². The molecule has 2 N–H and O–H groups in total. The van der Waals surface area contributed by atoms with Crippen LogP contribution in [-0.2, 0) is 14.3 Å². The zero-order valence-corrected chi connectivity index (χ0v) is 16.0. The van der Waals surface area contributed by atoms with Crippen molar-refractivity contribution < 1.29 is 23.5 Å². The Balaban J connectivity index is 1.46. The van der Waals surface area contributed by atoms with Crippen molar-refractivity contribution in [3.63, 3.8) is 0 Å². The van der Waals surface area contributed by atoms with E-state index in [4.69, 9.17) is 4.74 Å². The van der Waals surface area contributed by atoms with Crippen LogP contribution in [0.1, 0.15) is 9.67 Å². The molecule has 0 bridgehead atoms. The minimum absolute atomic E-state index is 0.304. The highest BCUT2D eigenvalue weighted by Gasteiger charge is 2.17. The molecular formula is C21H17FN2O4S. The molecule has 0 atom stereocenters. The summed E-state index contributed by atoms with van der Waals surface area (Å²) in [5.41, 5.74) is 2.02. The maximum absolute atomic E-state index is 12.8. The Labute approximate surface area is 170 Å². The number of anilines is 1. The van der Waals surface area contributed by atoms with E-state index >= 15 is 0 Å². The molecule has 148 valence electrons. The lowest BCUT2D eigenvalue weighted by Crippen LogP contribution is -2.35. The van der Waals surface area contributed by atoms with Gasteiger partial charge in [0.2, 0.25) is 5.91 Å². The average Bonchev–Trinajstić information content (AvgIpc) is 3.23. The largest absolute Gasteiger partial charge is 0.451 e. The van der Waals surface area contributed by atoms with E-state index in [0.29, 0.717) is 10.6 Å². The number of esters is 1. The van der Waals surface area contributed by atoms with Crippen LogP contribution in [0.5, 0.6) is 0 Å². The second-order valence-electron chi connectivity index (χ2n) is 5.94. The van der Waals surface area contributed by atoms with Gasteiger partial charge in [-0.15, -0.1) is 11.3 Å². The fraction of sp³-hybridized carbons (Fsp3) is 0.0952. The Morgan fingerprint density at radius 2 is 1.66 bits per heavy atom. The minimum atomic E-state index is -0.607. The third-order valence-corrected chi connectivity index (χ3v) is 4.74.